The third kappa shape index (κ3) is 1.82. The monoisotopic (exact) mass is 245 g/mol. The van der Waals surface area contributed by atoms with Crippen molar-refractivity contribution in [2.24, 2.45) is 11.8 Å². The number of ketones is 2. The number of Topliss-reactive ketones (excluding diaryl/α,β-unsaturated/α-hetero) is 1. The van der Waals surface area contributed by atoms with Gasteiger partial charge in [0.1, 0.15) is 0 Å². The van der Waals surface area contributed by atoms with Crippen LogP contribution in [0.3, 0.4) is 0 Å². The number of nitrogens with zero attached hydrogens (tertiary/aromatic N) is 1. The van der Waals surface area contributed by atoms with E-state index in [0.717, 1.165) is 0 Å². The van der Waals surface area contributed by atoms with Crippen molar-refractivity contribution in [1.29, 1.82) is 0 Å². The number of carbonyl (C=O) groups excluding carboxylic acids is 2. The molecule has 2 unspecified atom stereocenters. The third-order valence-corrected chi connectivity index (χ3v) is 3.65. The third-order valence-electron chi connectivity index (χ3n) is 3.65. The molecule has 1 saturated heterocycles. The van der Waals surface area contributed by atoms with Crippen molar-refractivity contribution in [3.8, 4) is 0 Å². The lowest BCUT2D eigenvalue weighted by atomic mass is 9.77. The van der Waals surface area contributed by atoms with Crippen LogP contribution < -0.4 is 0 Å². The summed E-state index contributed by atoms with van der Waals surface area (Å²) in [7, 11) is 0. The number of morpholine rings is 1. The van der Waals surface area contributed by atoms with Crippen LogP contribution in [0.5, 0.6) is 0 Å². The van der Waals surface area contributed by atoms with Gasteiger partial charge in [-0.1, -0.05) is 24.3 Å². The molecule has 4 heteroatoms. The van der Waals surface area contributed by atoms with Gasteiger partial charge in [0, 0.05) is 19.2 Å². The maximum absolute atomic E-state index is 12.4. The number of hydrogen-bond acceptors (Lipinski definition) is 4. The molecule has 2 atom stereocenters. The van der Waals surface area contributed by atoms with Gasteiger partial charge in [-0.2, -0.15) is 0 Å². The average molecular weight is 245 g/mol. The summed E-state index contributed by atoms with van der Waals surface area (Å²) in [5, 5.41) is 0. The van der Waals surface area contributed by atoms with Crippen molar-refractivity contribution in [1.82, 2.24) is 4.90 Å². The fourth-order valence-electron chi connectivity index (χ4n) is 2.65. The molecule has 1 heterocycles. The van der Waals surface area contributed by atoms with Crippen LogP contribution in [0.1, 0.15) is 0 Å². The van der Waals surface area contributed by atoms with Crippen molar-refractivity contribution >= 4 is 11.6 Å². The second kappa shape index (κ2) is 4.53. The molecular formula is C14H15NO3. The fourth-order valence-corrected chi connectivity index (χ4v) is 2.65. The predicted molar refractivity (Wildman–Crippen MR) is 65.7 cm³/mol. The molecule has 18 heavy (non-hydrogen) atoms. The Morgan fingerprint density at radius 3 is 2.44 bits per heavy atom. The van der Waals surface area contributed by atoms with Gasteiger partial charge in [0.25, 0.3) is 0 Å². The average Bonchev–Trinajstić information content (AvgIpc) is 2.44. The van der Waals surface area contributed by atoms with Gasteiger partial charge in [-0.15, -0.1) is 0 Å². The van der Waals surface area contributed by atoms with Crippen molar-refractivity contribution < 1.29 is 14.3 Å². The molecule has 0 aromatic rings. The van der Waals surface area contributed by atoms with E-state index in [1.165, 1.54) is 6.08 Å². The highest BCUT2D eigenvalue weighted by atomic mass is 16.5. The van der Waals surface area contributed by atoms with Crippen LogP contribution in [-0.2, 0) is 14.3 Å². The molecule has 4 nitrogen and oxygen atoms in total. The molecule has 0 N–H and O–H groups in total. The van der Waals surface area contributed by atoms with Crippen LogP contribution in [0.15, 0.2) is 36.1 Å². The lowest BCUT2D eigenvalue weighted by molar-refractivity contribution is -0.128. The van der Waals surface area contributed by atoms with Crippen molar-refractivity contribution in [3.63, 3.8) is 0 Å². The normalized spacial score (nSPS) is 31.3. The first-order valence-corrected chi connectivity index (χ1v) is 6.25. The minimum absolute atomic E-state index is 0.0293. The highest BCUT2D eigenvalue weighted by molar-refractivity contribution is 6.12. The van der Waals surface area contributed by atoms with Crippen LogP contribution in [0.25, 0.3) is 0 Å². The zero-order valence-corrected chi connectivity index (χ0v) is 10.0. The number of carbonyl (C=O) groups is 2. The first-order valence-electron chi connectivity index (χ1n) is 6.25. The van der Waals surface area contributed by atoms with E-state index in [2.05, 4.69) is 0 Å². The van der Waals surface area contributed by atoms with Gasteiger partial charge in [0.15, 0.2) is 11.6 Å². The Balaban J connectivity index is 1.90. The second-order valence-corrected chi connectivity index (χ2v) is 4.72. The standard InChI is InChI=1S/C14H15NO3/c16-13-9-12(15-5-7-18-8-6-15)14(17)11-4-2-1-3-10(11)13/h1-4,9-11H,5-8H2. The Kier molecular flexibility index (Phi) is 2.88. The van der Waals surface area contributed by atoms with Gasteiger partial charge in [-0.25, -0.2) is 0 Å². The van der Waals surface area contributed by atoms with Crippen LogP contribution in [-0.4, -0.2) is 42.8 Å². The molecular weight excluding hydrogens is 230 g/mol. The van der Waals surface area contributed by atoms with E-state index in [9.17, 15) is 9.59 Å². The lowest BCUT2D eigenvalue weighted by Gasteiger charge is -2.35. The van der Waals surface area contributed by atoms with E-state index in [0.29, 0.717) is 32.0 Å². The van der Waals surface area contributed by atoms with E-state index in [4.69, 9.17) is 4.74 Å². The van der Waals surface area contributed by atoms with E-state index in [-0.39, 0.29) is 23.4 Å². The van der Waals surface area contributed by atoms with Gasteiger partial charge in [0.05, 0.1) is 30.7 Å². The smallest absolute Gasteiger partial charge is 0.186 e. The van der Waals surface area contributed by atoms with E-state index in [1.54, 1.807) is 0 Å². The zero-order valence-electron chi connectivity index (χ0n) is 10.0. The first kappa shape index (κ1) is 11.4. The SMILES string of the molecule is O=C1C=C(N2CCOCC2)C(=O)C2C=CC=CC12. The Morgan fingerprint density at radius 2 is 1.72 bits per heavy atom. The van der Waals surface area contributed by atoms with Crippen molar-refractivity contribution in [3.05, 3.63) is 36.1 Å². The molecule has 0 aromatic heterocycles. The zero-order chi connectivity index (χ0) is 12.5. The Hall–Kier alpha value is -1.68. The molecule has 3 aliphatic rings. The van der Waals surface area contributed by atoms with Gasteiger partial charge in [-0.05, 0) is 0 Å². The van der Waals surface area contributed by atoms with E-state index < -0.39 is 0 Å². The number of rotatable bonds is 1. The summed E-state index contributed by atoms with van der Waals surface area (Å²) in [6.07, 6.45) is 8.84. The van der Waals surface area contributed by atoms with Crippen LogP contribution in [0, 0.1) is 11.8 Å². The number of fused-ring (bicyclic) bond motifs is 1. The van der Waals surface area contributed by atoms with E-state index in [1.807, 2.05) is 29.2 Å². The summed E-state index contributed by atoms with van der Waals surface area (Å²) >= 11 is 0. The molecule has 0 saturated carbocycles. The molecule has 0 spiro atoms. The Morgan fingerprint density at radius 1 is 1.06 bits per heavy atom. The molecule has 0 bridgehead atoms. The Labute approximate surface area is 106 Å². The highest BCUT2D eigenvalue weighted by Gasteiger charge is 2.38. The summed E-state index contributed by atoms with van der Waals surface area (Å²) in [6.45, 7) is 2.59. The van der Waals surface area contributed by atoms with Crippen LogP contribution in [0.2, 0.25) is 0 Å². The summed E-state index contributed by atoms with van der Waals surface area (Å²) in [5.41, 5.74) is 0.560. The van der Waals surface area contributed by atoms with E-state index >= 15 is 0 Å². The summed E-state index contributed by atoms with van der Waals surface area (Å²) in [6, 6.07) is 0. The summed E-state index contributed by atoms with van der Waals surface area (Å²) in [5.74, 6) is -0.526. The number of ether oxygens (including phenoxy) is 1. The van der Waals surface area contributed by atoms with Gasteiger partial charge in [-0.3, -0.25) is 9.59 Å². The van der Waals surface area contributed by atoms with Gasteiger partial charge >= 0.3 is 0 Å². The predicted octanol–water partition coefficient (Wildman–Crippen LogP) is 0.713. The minimum Gasteiger partial charge on any atom is -0.378 e. The molecule has 1 fully saturated rings. The molecule has 3 rings (SSSR count). The van der Waals surface area contributed by atoms with Crippen molar-refractivity contribution in [2.75, 3.05) is 26.3 Å². The van der Waals surface area contributed by atoms with Crippen LogP contribution >= 0.6 is 0 Å². The van der Waals surface area contributed by atoms with Crippen LogP contribution in [0.4, 0.5) is 0 Å². The fraction of sp³-hybridized carbons (Fsp3) is 0.429. The molecule has 2 aliphatic carbocycles. The maximum atomic E-state index is 12.4. The molecule has 0 radical (unpaired) electrons. The molecule has 0 aromatic carbocycles. The molecule has 94 valence electrons. The number of allylic oxidation sites excluding steroid dienone is 6. The first-order chi connectivity index (χ1) is 8.77. The summed E-state index contributed by atoms with van der Waals surface area (Å²) in [4.78, 5) is 26.4. The van der Waals surface area contributed by atoms with Gasteiger partial charge < -0.3 is 9.64 Å². The topological polar surface area (TPSA) is 46.6 Å². The number of hydrogen-bond donors (Lipinski definition) is 0. The second-order valence-electron chi connectivity index (χ2n) is 4.72. The largest absolute Gasteiger partial charge is 0.378 e. The molecule has 0 amide bonds. The van der Waals surface area contributed by atoms with Crippen molar-refractivity contribution in [2.45, 2.75) is 0 Å². The lowest BCUT2D eigenvalue weighted by Crippen LogP contribution is -2.44. The minimum atomic E-state index is -0.314. The summed E-state index contributed by atoms with van der Waals surface area (Å²) < 4.78 is 5.27. The maximum Gasteiger partial charge on any atom is 0.186 e. The highest BCUT2D eigenvalue weighted by Crippen LogP contribution is 2.30. The Bertz CT molecular complexity index is 469. The molecule has 1 aliphatic heterocycles. The van der Waals surface area contributed by atoms with Gasteiger partial charge in [0.2, 0.25) is 0 Å². The quantitative estimate of drug-likeness (QED) is 0.682.